The largest absolute Gasteiger partial charge is 0.308 e. The van der Waals surface area contributed by atoms with Crippen molar-refractivity contribution in [2.45, 2.75) is 52.1 Å². The lowest BCUT2D eigenvalue weighted by Gasteiger charge is -2.25. The summed E-state index contributed by atoms with van der Waals surface area (Å²) in [4.78, 5) is 0. The second kappa shape index (κ2) is 4.66. The van der Waals surface area contributed by atoms with E-state index in [0.717, 1.165) is 5.92 Å². The lowest BCUT2D eigenvalue weighted by atomic mass is 9.99. The highest BCUT2D eigenvalue weighted by molar-refractivity contribution is 4.98. The fraction of sp³-hybridized carbons (Fsp3) is 0.818. The van der Waals surface area contributed by atoms with E-state index in [4.69, 9.17) is 0 Å². The molecule has 0 fully saturated rings. The van der Waals surface area contributed by atoms with Crippen LogP contribution in [0.25, 0.3) is 0 Å². The van der Waals surface area contributed by atoms with Gasteiger partial charge in [0.05, 0.1) is 0 Å². The molecular weight excluding hydrogens is 146 g/mol. The van der Waals surface area contributed by atoms with Gasteiger partial charge in [0.15, 0.2) is 0 Å². The fourth-order valence-corrected chi connectivity index (χ4v) is 1.48. The molecule has 1 heteroatoms. The molecule has 0 radical (unpaired) electrons. The number of hydrogen-bond acceptors (Lipinski definition) is 1. The topological polar surface area (TPSA) is 12.0 Å². The van der Waals surface area contributed by atoms with E-state index in [2.05, 4.69) is 38.2 Å². The van der Waals surface area contributed by atoms with Crippen molar-refractivity contribution in [3.63, 3.8) is 0 Å². The maximum atomic E-state index is 3.63. The molecule has 0 saturated heterocycles. The molecule has 12 heavy (non-hydrogen) atoms. The van der Waals surface area contributed by atoms with Crippen LogP contribution in [0.3, 0.4) is 0 Å². The van der Waals surface area contributed by atoms with E-state index in [1.165, 1.54) is 19.3 Å². The molecule has 2 atom stereocenters. The fourth-order valence-electron chi connectivity index (χ4n) is 1.48. The Bertz CT molecular complexity index is 149. The van der Waals surface area contributed by atoms with Gasteiger partial charge in [-0.2, -0.15) is 0 Å². The Hall–Kier alpha value is -0.300. The third kappa shape index (κ3) is 2.98. The Kier molecular flexibility index (Phi) is 3.80. The van der Waals surface area contributed by atoms with Crippen molar-refractivity contribution in [3.8, 4) is 0 Å². The molecule has 70 valence electrons. The first kappa shape index (κ1) is 9.79. The predicted molar refractivity (Wildman–Crippen MR) is 54.2 cm³/mol. The summed E-state index contributed by atoms with van der Waals surface area (Å²) in [5, 5.41) is 3.63. The zero-order valence-corrected chi connectivity index (χ0v) is 8.51. The molecule has 1 aliphatic carbocycles. The molecule has 0 saturated carbocycles. The summed E-state index contributed by atoms with van der Waals surface area (Å²) < 4.78 is 0. The molecule has 0 aromatic carbocycles. The second-order valence-electron chi connectivity index (χ2n) is 4.16. The van der Waals surface area contributed by atoms with Gasteiger partial charge >= 0.3 is 0 Å². The summed E-state index contributed by atoms with van der Waals surface area (Å²) in [6.45, 7) is 6.81. The van der Waals surface area contributed by atoms with Crippen molar-refractivity contribution in [3.05, 3.63) is 12.2 Å². The van der Waals surface area contributed by atoms with Crippen LogP contribution >= 0.6 is 0 Å². The minimum Gasteiger partial charge on any atom is -0.308 e. The van der Waals surface area contributed by atoms with Crippen molar-refractivity contribution in [1.82, 2.24) is 5.32 Å². The molecule has 1 N–H and O–H groups in total. The van der Waals surface area contributed by atoms with Crippen LogP contribution in [-0.4, -0.2) is 12.1 Å². The van der Waals surface area contributed by atoms with Crippen LogP contribution in [-0.2, 0) is 0 Å². The Labute approximate surface area is 76.2 Å². The van der Waals surface area contributed by atoms with Gasteiger partial charge in [-0.25, -0.2) is 0 Å². The highest BCUT2D eigenvalue weighted by atomic mass is 14.9. The Morgan fingerprint density at radius 3 is 2.58 bits per heavy atom. The Morgan fingerprint density at radius 2 is 2.08 bits per heavy atom. The molecule has 1 aliphatic rings. The molecule has 0 aromatic rings. The van der Waals surface area contributed by atoms with Crippen LogP contribution in [0, 0.1) is 5.92 Å². The summed E-state index contributed by atoms with van der Waals surface area (Å²) in [7, 11) is 0. The monoisotopic (exact) mass is 167 g/mol. The molecule has 0 heterocycles. The van der Waals surface area contributed by atoms with Gasteiger partial charge in [-0.05, 0) is 32.1 Å². The molecule has 0 bridgehead atoms. The van der Waals surface area contributed by atoms with Gasteiger partial charge in [0.1, 0.15) is 0 Å². The molecule has 0 aromatic heterocycles. The van der Waals surface area contributed by atoms with E-state index in [1.807, 2.05) is 0 Å². The van der Waals surface area contributed by atoms with Crippen LogP contribution in [0.5, 0.6) is 0 Å². The first-order chi connectivity index (χ1) is 5.70. The van der Waals surface area contributed by atoms with Crippen LogP contribution in [0.4, 0.5) is 0 Å². The summed E-state index contributed by atoms with van der Waals surface area (Å²) in [6.07, 6.45) is 8.55. The van der Waals surface area contributed by atoms with Gasteiger partial charge in [-0.1, -0.05) is 26.0 Å². The summed E-state index contributed by atoms with van der Waals surface area (Å²) in [6, 6.07) is 1.27. The second-order valence-corrected chi connectivity index (χ2v) is 4.16. The summed E-state index contributed by atoms with van der Waals surface area (Å²) in [5.41, 5.74) is 0. The smallest absolute Gasteiger partial charge is 0.0252 e. The third-order valence-electron chi connectivity index (χ3n) is 2.73. The average Bonchev–Trinajstić information content (AvgIpc) is 2.06. The molecule has 2 unspecified atom stereocenters. The van der Waals surface area contributed by atoms with Gasteiger partial charge < -0.3 is 5.32 Å². The molecule has 0 amide bonds. The van der Waals surface area contributed by atoms with Crippen molar-refractivity contribution >= 4 is 0 Å². The summed E-state index contributed by atoms with van der Waals surface area (Å²) >= 11 is 0. The minimum atomic E-state index is 0.635. The van der Waals surface area contributed by atoms with Crippen LogP contribution in [0.1, 0.15) is 40.0 Å². The zero-order chi connectivity index (χ0) is 8.97. The van der Waals surface area contributed by atoms with E-state index in [1.54, 1.807) is 0 Å². The van der Waals surface area contributed by atoms with Crippen molar-refractivity contribution in [1.29, 1.82) is 0 Å². The number of nitrogens with one attached hydrogen (secondary N) is 1. The zero-order valence-electron chi connectivity index (χ0n) is 8.51. The molecular formula is C11H21N. The molecule has 0 spiro atoms. The third-order valence-corrected chi connectivity index (χ3v) is 2.73. The summed E-state index contributed by atoms with van der Waals surface area (Å²) in [5.74, 6) is 0.736. The normalized spacial score (nSPS) is 26.2. The van der Waals surface area contributed by atoms with Crippen LogP contribution in [0.15, 0.2) is 12.2 Å². The Morgan fingerprint density at radius 1 is 1.33 bits per heavy atom. The lowest BCUT2D eigenvalue weighted by molar-refractivity contribution is 0.382. The van der Waals surface area contributed by atoms with E-state index in [0.29, 0.717) is 12.1 Å². The standard InChI is InChI=1S/C11H21N/c1-9(2)10(3)12-11-7-5-4-6-8-11/h5,7,9-12H,4,6,8H2,1-3H3. The van der Waals surface area contributed by atoms with Gasteiger partial charge in [-0.3, -0.25) is 0 Å². The van der Waals surface area contributed by atoms with Crippen molar-refractivity contribution in [2.24, 2.45) is 5.92 Å². The van der Waals surface area contributed by atoms with Crippen LogP contribution < -0.4 is 5.32 Å². The number of allylic oxidation sites excluding steroid dienone is 1. The van der Waals surface area contributed by atoms with Crippen molar-refractivity contribution in [2.75, 3.05) is 0 Å². The minimum absolute atomic E-state index is 0.635. The highest BCUT2D eigenvalue weighted by Gasteiger charge is 2.13. The molecule has 1 nitrogen and oxygen atoms in total. The number of hydrogen-bond donors (Lipinski definition) is 1. The first-order valence-electron chi connectivity index (χ1n) is 5.13. The first-order valence-corrected chi connectivity index (χ1v) is 5.13. The average molecular weight is 167 g/mol. The lowest BCUT2D eigenvalue weighted by Crippen LogP contribution is -2.38. The van der Waals surface area contributed by atoms with Crippen molar-refractivity contribution < 1.29 is 0 Å². The molecule has 1 rings (SSSR count). The maximum absolute atomic E-state index is 3.63. The van der Waals surface area contributed by atoms with Gasteiger partial charge in [0, 0.05) is 12.1 Å². The number of rotatable bonds is 3. The molecule has 0 aliphatic heterocycles. The maximum Gasteiger partial charge on any atom is 0.0252 e. The van der Waals surface area contributed by atoms with E-state index >= 15 is 0 Å². The van der Waals surface area contributed by atoms with E-state index in [9.17, 15) is 0 Å². The Balaban J connectivity index is 2.29. The van der Waals surface area contributed by atoms with Crippen LogP contribution in [0.2, 0.25) is 0 Å². The van der Waals surface area contributed by atoms with Gasteiger partial charge in [0.2, 0.25) is 0 Å². The predicted octanol–water partition coefficient (Wildman–Crippen LogP) is 2.73. The van der Waals surface area contributed by atoms with Gasteiger partial charge in [-0.15, -0.1) is 0 Å². The van der Waals surface area contributed by atoms with E-state index in [-0.39, 0.29) is 0 Å². The SMILES string of the molecule is CC(C)C(C)NC1C=CCCC1. The van der Waals surface area contributed by atoms with E-state index < -0.39 is 0 Å². The van der Waals surface area contributed by atoms with Gasteiger partial charge in [0.25, 0.3) is 0 Å². The quantitative estimate of drug-likeness (QED) is 0.637. The highest BCUT2D eigenvalue weighted by Crippen LogP contribution is 2.12.